The van der Waals surface area contributed by atoms with E-state index in [1.165, 1.54) is 0 Å². The molecule has 1 aromatic carbocycles. The summed E-state index contributed by atoms with van der Waals surface area (Å²) < 4.78 is 12.4. The third-order valence-electron chi connectivity index (χ3n) is 4.10. The maximum absolute atomic E-state index is 12.7. The summed E-state index contributed by atoms with van der Waals surface area (Å²) in [7, 11) is 4.84. The number of carboxylic acid groups (broad SMARTS) is 1. The van der Waals surface area contributed by atoms with Crippen LogP contribution in [-0.4, -0.2) is 41.8 Å². The summed E-state index contributed by atoms with van der Waals surface area (Å²) in [4.78, 5) is 24.1. The van der Waals surface area contributed by atoms with Crippen molar-refractivity contribution in [3.8, 4) is 11.5 Å². The van der Waals surface area contributed by atoms with E-state index in [-0.39, 0.29) is 5.92 Å². The summed E-state index contributed by atoms with van der Waals surface area (Å²) in [5, 5.41) is 12.7. The lowest BCUT2D eigenvalue weighted by atomic mass is 10.0. The number of hydrogen-bond donors (Lipinski definition) is 2. The first-order valence-electron chi connectivity index (χ1n) is 8.04. The second kappa shape index (κ2) is 7.46. The van der Waals surface area contributed by atoms with Gasteiger partial charge in [-0.25, -0.2) is 4.79 Å². The highest BCUT2D eigenvalue weighted by Crippen LogP contribution is 2.35. The van der Waals surface area contributed by atoms with Crippen LogP contribution in [0.25, 0.3) is 10.9 Å². The van der Waals surface area contributed by atoms with Gasteiger partial charge in [0.1, 0.15) is 23.2 Å². The van der Waals surface area contributed by atoms with Crippen molar-refractivity contribution in [2.24, 2.45) is 13.0 Å². The van der Waals surface area contributed by atoms with E-state index in [4.69, 9.17) is 9.47 Å². The molecular weight excluding hydrogens is 324 g/mol. The fraction of sp³-hybridized carbons (Fsp3) is 0.444. The standard InChI is InChI=1S/C18H24N2O5/c1-10(2)8-12(18(22)23)19-17(21)13-9-11-14(24-4)6-7-15(25-5)16(11)20(13)3/h6-7,9-10,12H,8H2,1-5H3,(H,19,21)(H,22,23). The number of rotatable bonds is 7. The lowest BCUT2D eigenvalue weighted by Crippen LogP contribution is -2.42. The molecule has 1 aromatic heterocycles. The first-order valence-corrected chi connectivity index (χ1v) is 8.04. The molecule has 2 N–H and O–H groups in total. The number of benzene rings is 1. The monoisotopic (exact) mass is 348 g/mol. The van der Waals surface area contributed by atoms with E-state index in [2.05, 4.69) is 5.32 Å². The lowest BCUT2D eigenvalue weighted by Gasteiger charge is -2.16. The van der Waals surface area contributed by atoms with Crippen LogP contribution in [0, 0.1) is 5.92 Å². The Morgan fingerprint density at radius 2 is 1.80 bits per heavy atom. The highest BCUT2D eigenvalue weighted by molar-refractivity contribution is 6.03. The largest absolute Gasteiger partial charge is 0.496 e. The van der Waals surface area contributed by atoms with Gasteiger partial charge in [-0.15, -0.1) is 0 Å². The van der Waals surface area contributed by atoms with Crippen LogP contribution in [0.3, 0.4) is 0 Å². The van der Waals surface area contributed by atoms with E-state index < -0.39 is 17.9 Å². The number of nitrogens with zero attached hydrogens (tertiary/aromatic N) is 1. The number of fused-ring (bicyclic) bond motifs is 1. The minimum atomic E-state index is -1.05. The molecule has 1 amide bonds. The molecule has 0 spiro atoms. The van der Waals surface area contributed by atoms with Crippen molar-refractivity contribution in [1.82, 2.24) is 9.88 Å². The molecule has 1 unspecified atom stereocenters. The van der Waals surface area contributed by atoms with Crippen molar-refractivity contribution in [2.45, 2.75) is 26.3 Å². The van der Waals surface area contributed by atoms with E-state index in [9.17, 15) is 14.7 Å². The number of aromatic nitrogens is 1. The molecule has 25 heavy (non-hydrogen) atoms. The predicted molar refractivity (Wildman–Crippen MR) is 94.4 cm³/mol. The van der Waals surface area contributed by atoms with E-state index in [0.717, 1.165) is 5.39 Å². The van der Waals surface area contributed by atoms with E-state index >= 15 is 0 Å². The van der Waals surface area contributed by atoms with Gasteiger partial charge in [-0.3, -0.25) is 4.79 Å². The van der Waals surface area contributed by atoms with E-state index in [0.29, 0.717) is 29.1 Å². The molecule has 2 aromatic rings. The SMILES string of the molecule is COc1ccc(OC)c2c1cc(C(=O)NC(CC(C)C)C(=O)O)n2C. The van der Waals surface area contributed by atoms with E-state index in [1.54, 1.807) is 44.0 Å². The number of carbonyl (C=O) groups excluding carboxylic acids is 1. The van der Waals surface area contributed by atoms with E-state index in [1.807, 2.05) is 13.8 Å². The van der Waals surface area contributed by atoms with Crippen LogP contribution in [0.1, 0.15) is 30.8 Å². The van der Waals surface area contributed by atoms with Gasteiger partial charge in [-0.2, -0.15) is 0 Å². The lowest BCUT2D eigenvalue weighted by molar-refractivity contribution is -0.139. The van der Waals surface area contributed by atoms with Crippen LogP contribution in [0.2, 0.25) is 0 Å². The molecule has 0 bridgehead atoms. The van der Waals surface area contributed by atoms with Crippen molar-refractivity contribution >= 4 is 22.8 Å². The number of aryl methyl sites for hydroxylation is 1. The summed E-state index contributed by atoms with van der Waals surface area (Å²) in [5.74, 6) is -0.127. The minimum absolute atomic E-state index is 0.147. The Morgan fingerprint density at radius 1 is 1.20 bits per heavy atom. The normalized spacial score (nSPS) is 12.2. The van der Waals surface area contributed by atoms with Crippen molar-refractivity contribution in [3.05, 3.63) is 23.9 Å². The Morgan fingerprint density at radius 3 is 2.32 bits per heavy atom. The number of carbonyl (C=O) groups is 2. The maximum atomic E-state index is 12.7. The highest BCUT2D eigenvalue weighted by atomic mass is 16.5. The predicted octanol–water partition coefficient (Wildman–Crippen LogP) is 2.42. The van der Waals surface area contributed by atoms with Gasteiger partial charge in [0.25, 0.3) is 5.91 Å². The first kappa shape index (κ1) is 18.6. The van der Waals surface area contributed by atoms with Crippen LogP contribution in [0.4, 0.5) is 0 Å². The van der Waals surface area contributed by atoms with Gasteiger partial charge in [-0.1, -0.05) is 13.8 Å². The van der Waals surface area contributed by atoms with Crippen molar-refractivity contribution in [2.75, 3.05) is 14.2 Å². The molecule has 0 saturated heterocycles. The summed E-state index contributed by atoms with van der Waals surface area (Å²) >= 11 is 0. The molecule has 1 atom stereocenters. The fourth-order valence-electron chi connectivity index (χ4n) is 2.89. The molecule has 0 saturated carbocycles. The van der Waals surface area contributed by atoms with Crippen LogP contribution in [-0.2, 0) is 11.8 Å². The van der Waals surface area contributed by atoms with Gasteiger partial charge < -0.3 is 24.5 Å². The molecule has 1 heterocycles. The molecule has 0 aliphatic carbocycles. The van der Waals surface area contributed by atoms with Gasteiger partial charge in [0.2, 0.25) is 0 Å². The van der Waals surface area contributed by atoms with Gasteiger partial charge in [0.15, 0.2) is 0 Å². The second-order valence-electron chi connectivity index (χ2n) is 6.31. The van der Waals surface area contributed by atoms with Crippen LogP contribution in [0.15, 0.2) is 18.2 Å². The average molecular weight is 348 g/mol. The number of aliphatic carboxylic acids is 1. The summed E-state index contributed by atoms with van der Waals surface area (Å²) in [6.07, 6.45) is 0.359. The summed E-state index contributed by atoms with van der Waals surface area (Å²) in [6, 6.07) is 4.28. The van der Waals surface area contributed by atoms with Gasteiger partial charge in [0.05, 0.1) is 19.7 Å². The van der Waals surface area contributed by atoms with Crippen molar-refractivity contribution < 1.29 is 24.2 Å². The molecule has 7 heteroatoms. The molecule has 136 valence electrons. The third kappa shape index (κ3) is 3.70. The molecule has 2 rings (SSSR count). The van der Waals surface area contributed by atoms with Crippen LogP contribution in [0.5, 0.6) is 11.5 Å². The summed E-state index contributed by atoms with van der Waals surface area (Å²) in [6.45, 7) is 3.82. The molecular formula is C18H24N2O5. The highest BCUT2D eigenvalue weighted by Gasteiger charge is 2.25. The number of nitrogens with one attached hydrogen (secondary N) is 1. The molecule has 0 aliphatic rings. The van der Waals surface area contributed by atoms with Crippen molar-refractivity contribution in [3.63, 3.8) is 0 Å². The third-order valence-corrected chi connectivity index (χ3v) is 4.10. The Balaban J connectivity index is 2.45. The Bertz CT molecular complexity index is 794. The average Bonchev–Trinajstić information content (AvgIpc) is 2.91. The first-order chi connectivity index (χ1) is 11.8. The zero-order chi connectivity index (χ0) is 18.7. The number of ether oxygens (including phenoxy) is 2. The van der Waals surface area contributed by atoms with Crippen LogP contribution >= 0.6 is 0 Å². The molecule has 0 fully saturated rings. The smallest absolute Gasteiger partial charge is 0.326 e. The van der Waals surface area contributed by atoms with Gasteiger partial charge >= 0.3 is 5.97 Å². The zero-order valence-corrected chi connectivity index (χ0v) is 15.1. The zero-order valence-electron chi connectivity index (χ0n) is 15.1. The Hall–Kier alpha value is -2.70. The summed E-state index contributed by atoms with van der Waals surface area (Å²) in [5.41, 5.74) is 1.05. The topological polar surface area (TPSA) is 89.8 Å². The maximum Gasteiger partial charge on any atom is 0.326 e. The number of hydrogen-bond acceptors (Lipinski definition) is 4. The van der Waals surface area contributed by atoms with Gasteiger partial charge in [0, 0.05) is 12.4 Å². The Kier molecular flexibility index (Phi) is 5.56. The van der Waals surface area contributed by atoms with Crippen LogP contribution < -0.4 is 14.8 Å². The molecule has 0 aliphatic heterocycles. The van der Waals surface area contributed by atoms with Crippen molar-refractivity contribution in [1.29, 1.82) is 0 Å². The fourth-order valence-corrected chi connectivity index (χ4v) is 2.89. The quantitative estimate of drug-likeness (QED) is 0.802. The number of amides is 1. The molecule has 7 nitrogen and oxygen atoms in total. The van der Waals surface area contributed by atoms with Gasteiger partial charge in [-0.05, 0) is 30.5 Å². The number of carboxylic acids is 1. The Labute approximate surface area is 146 Å². The molecule has 0 radical (unpaired) electrons. The minimum Gasteiger partial charge on any atom is -0.496 e. The second-order valence-corrected chi connectivity index (χ2v) is 6.31. The number of methoxy groups -OCH3 is 2.